The third kappa shape index (κ3) is 9.69. The number of carbonyl (C=O) groups is 1. The van der Waals surface area contributed by atoms with E-state index in [1.54, 1.807) is 9.25 Å². The number of amides is 1. The summed E-state index contributed by atoms with van der Waals surface area (Å²) in [4.78, 5) is 34.8. The van der Waals surface area contributed by atoms with Gasteiger partial charge in [-0.1, -0.05) is 127 Å². The maximum Gasteiger partial charge on any atom is 0.282 e. The number of rotatable bonds is 19. The van der Waals surface area contributed by atoms with Gasteiger partial charge >= 0.3 is 0 Å². The molecule has 0 saturated carbocycles. The number of nitrogens with zero attached hydrogens (tertiary/aromatic N) is 5. The number of likely N-dealkylation sites (tertiary alicyclic amines) is 1. The summed E-state index contributed by atoms with van der Waals surface area (Å²) >= 11 is 0. The normalized spacial score (nSPS) is 17.3. The number of hydrogen-bond acceptors (Lipinski definition) is 6. The quantitative estimate of drug-likeness (QED) is 0.0932. The highest BCUT2D eigenvalue weighted by Gasteiger charge is 2.36. The lowest BCUT2D eigenvalue weighted by Crippen LogP contribution is -2.50. The van der Waals surface area contributed by atoms with Crippen molar-refractivity contribution in [3.8, 4) is 11.3 Å². The van der Waals surface area contributed by atoms with Crippen molar-refractivity contribution < 1.29 is 9.90 Å². The standard InChI is InChI=1S/C45H64N6O3/c1-4-5-6-7-8-9-10-11-12-13-14-18-21-39-47-41-42(48-49(3)43(41)36-22-24-37-35(31-36)23-25-38(37)46)44(53)51(39)32-45(54)26-28-50(29-27-45)40(52)30-33(2)34-19-16-15-17-20-34/h15-17,19-20,22,24,31,33,38,54H,4-14,18,21,23,25-30,32,46H2,1-3H3/t33-,38?/m1/s1. The second-order valence-corrected chi connectivity index (χ2v) is 16.4. The van der Waals surface area contributed by atoms with E-state index in [0.717, 1.165) is 42.5 Å². The van der Waals surface area contributed by atoms with Crippen molar-refractivity contribution in [2.45, 2.75) is 154 Å². The van der Waals surface area contributed by atoms with Gasteiger partial charge in [0.05, 0.1) is 17.8 Å². The van der Waals surface area contributed by atoms with Gasteiger partial charge in [-0.25, -0.2) is 4.98 Å². The Morgan fingerprint density at radius 1 is 0.926 bits per heavy atom. The minimum Gasteiger partial charge on any atom is -0.388 e. The Bertz CT molecular complexity index is 1890. The molecule has 0 radical (unpaired) electrons. The summed E-state index contributed by atoms with van der Waals surface area (Å²) in [7, 11) is 1.88. The molecule has 9 heteroatoms. The molecule has 54 heavy (non-hydrogen) atoms. The predicted molar refractivity (Wildman–Crippen MR) is 218 cm³/mol. The first kappa shape index (κ1) is 39.9. The molecule has 4 aromatic rings. The van der Waals surface area contributed by atoms with E-state index in [0.29, 0.717) is 55.6 Å². The average Bonchev–Trinajstić information content (AvgIpc) is 3.71. The van der Waals surface area contributed by atoms with E-state index in [1.807, 2.05) is 30.1 Å². The zero-order chi connectivity index (χ0) is 38.1. The second-order valence-electron chi connectivity index (χ2n) is 16.4. The molecule has 1 saturated heterocycles. The molecular formula is C45H64N6O3. The summed E-state index contributed by atoms with van der Waals surface area (Å²) in [5.74, 6) is 0.938. The minimum atomic E-state index is -1.12. The zero-order valence-corrected chi connectivity index (χ0v) is 33.2. The molecule has 2 aliphatic rings. The molecule has 1 unspecified atom stereocenters. The van der Waals surface area contributed by atoms with Crippen molar-refractivity contribution in [3.05, 3.63) is 81.4 Å². The van der Waals surface area contributed by atoms with Gasteiger partial charge in [0, 0.05) is 44.6 Å². The molecule has 2 aromatic heterocycles. The van der Waals surface area contributed by atoms with Crippen LogP contribution >= 0.6 is 0 Å². The summed E-state index contributed by atoms with van der Waals surface area (Å²) in [5, 5.41) is 16.7. The van der Waals surface area contributed by atoms with E-state index in [-0.39, 0.29) is 30.0 Å². The molecule has 2 aromatic carbocycles. The number of aliphatic hydroxyl groups is 1. The van der Waals surface area contributed by atoms with Gasteiger partial charge in [0.15, 0.2) is 5.52 Å². The first-order valence-corrected chi connectivity index (χ1v) is 21.1. The highest BCUT2D eigenvalue weighted by atomic mass is 16.3. The van der Waals surface area contributed by atoms with Crippen molar-refractivity contribution in [3.63, 3.8) is 0 Å². The van der Waals surface area contributed by atoms with Gasteiger partial charge in [-0.05, 0) is 60.8 Å². The van der Waals surface area contributed by atoms with Gasteiger partial charge in [-0.2, -0.15) is 5.10 Å². The van der Waals surface area contributed by atoms with E-state index in [9.17, 15) is 14.7 Å². The fourth-order valence-corrected chi connectivity index (χ4v) is 8.71. The lowest BCUT2D eigenvalue weighted by molar-refractivity contribution is -0.136. The summed E-state index contributed by atoms with van der Waals surface area (Å²) in [6.07, 6.45) is 18.9. The lowest BCUT2D eigenvalue weighted by Gasteiger charge is -2.39. The van der Waals surface area contributed by atoms with Crippen LogP contribution in [0.1, 0.15) is 151 Å². The Hall–Kier alpha value is -3.82. The minimum absolute atomic E-state index is 0.0680. The first-order chi connectivity index (χ1) is 26.2. The molecule has 0 spiro atoms. The maximum atomic E-state index is 14.4. The number of nitrogens with two attached hydrogens (primary N) is 1. The van der Waals surface area contributed by atoms with Crippen molar-refractivity contribution in [1.82, 2.24) is 24.2 Å². The molecule has 6 rings (SSSR count). The SMILES string of the molecule is CCCCCCCCCCCCCCc1nc2c(-c3ccc4c(c3)CCC4N)n(C)nc2c(=O)n1CC1(O)CCN(C(=O)C[C@@H](C)c2ccccc2)CC1. The number of carbonyl (C=O) groups excluding carboxylic acids is 1. The maximum absolute atomic E-state index is 14.4. The van der Waals surface area contributed by atoms with E-state index < -0.39 is 5.60 Å². The molecule has 1 fully saturated rings. The molecule has 2 atom stereocenters. The predicted octanol–water partition coefficient (Wildman–Crippen LogP) is 8.53. The Morgan fingerprint density at radius 2 is 1.57 bits per heavy atom. The third-order valence-corrected chi connectivity index (χ3v) is 12.2. The lowest BCUT2D eigenvalue weighted by atomic mass is 9.90. The molecular weight excluding hydrogens is 673 g/mol. The summed E-state index contributed by atoms with van der Waals surface area (Å²) in [6, 6.07) is 16.6. The fraction of sp³-hybridized carbons (Fsp3) is 0.600. The molecule has 292 valence electrons. The number of fused-ring (bicyclic) bond motifs is 2. The molecule has 3 N–H and O–H groups in total. The van der Waals surface area contributed by atoms with Crippen LogP contribution < -0.4 is 11.3 Å². The number of aryl methyl sites for hydroxylation is 3. The van der Waals surface area contributed by atoms with Crippen LogP contribution in [0.25, 0.3) is 22.3 Å². The fourth-order valence-electron chi connectivity index (χ4n) is 8.71. The van der Waals surface area contributed by atoms with Gasteiger partial charge in [-0.15, -0.1) is 0 Å². The number of hydrogen-bond donors (Lipinski definition) is 2. The van der Waals surface area contributed by atoms with Crippen LogP contribution in [0.2, 0.25) is 0 Å². The van der Waals surface area contributed by atoms with Crippen molar-refractivity contribution in [2.75, 3.05) is 13.1 Å². The number of aromatic nitrogens is 4. The molecule has 1 aliphatic heterocycles. The summed E-state index contributed by atoms with van der Waals surface area (Å²) in [6.45, 7) is 5.43. The van der Waals surface area contributed by atoms with Gasteiger partial charge in [0.1, 0.15) is 11.3 Å². The topological polar surface area (TPSA) is 119 Å². The van der Waals surface area contributed by atoms with Gasteiger partial charge in [0.2, 0.25) is 5.91 Å². The second kappa shape index (κ2) is 18.7. The van der Waals surface area contributed by atoms with Crippen LogP contribution in [-0.4, -0.2) is 53.9 Å². The smallest absolute Gasteiger partial charge is 0.282 e. The van der Waals surface area contributed by atoms with Crippen molar-refractivity contribution >= 4 is 16.9 Å². The summed E-state index contributed by atoms with van der Waals surface area (Å²) in [5.41, 5.74) is 11.4. The van der Waals surface area contributed by atoms with E-state index >= 15 is 0 Å². The van der Waals surface area contributed by atoms with Crippen LogP contribution in [0.15, 0.2) is 53.3 Å². The number of benzene rings is 2. The zero-order valence-electron chi connectivity index (χ0n) is 33.2. The van der Waals surface area contributed by atoms with Crippen LogP contribution in [0.5, 0.6) is 0 Å². The van der Waals surface area contributed by atoms with E-state index in [2.05, 4.69) is 44.2 Å². The van der Waals surface area contributed by atoms with Crippen LogP contribution in [0.4, 0.5) is 0 Å². The van der Waals surface area contributed by atoms with Gasteiger partial charge < -0.3 is 15.7 Å². The molecule has 1 amide bonds. The van der Waals surface area contributed by atoms with Crippen LogP contribution in [0, 0.1) is 0 Å². The highest BCUT2D eigenvalue weighted by molar-refractivity contribution is 5.89. The first-order valence-electron chi connectivity index (χ1n) is 21.1. The van der Waals surface area contributed by atoms with Crippen LogP contribution in [-0.2, 0) is 31.2 Å². The van der Waals surface area contributed by atoms with Gasteiger partial charge in [0.25, 0.3) is 5.56 Å². The monoisotopic (exact) mass is 737 g/mol. The highest BCUT2D eigenvalue weighted by Crippen LogP contribution is 2.35. The van der Waals surface area contributed by atoms with Crippen molar-refractivity contribution in [2.24, 2.45) is 12.8 Å². The molecule has 9 nitrogen and oxygen atoms in total. The Balaban J connectivity index is 1.15. The van der Waals surface area contributed by atoms with E-state index in [4.69, 9.17) is 15.8 Å². The van der Waals surface area contributed by atoms with Gasteiger partial charge in [-0.3, -0.25) is 18.8 Å². The molecule has 0 bridgehead atoms. The summed E-state index contributed by atoms with van der Waals surface area (Å²) < 4.78 is 3.48. The molecule has 1 aliphatic carbocycles. The van der Waals surface area contributed by atoms with Crippen molar-refractivity contribution in [1.29, 1.82) is 0 Å². The third-order valence-electron chi connectivity index (χ3n) is 12.2. The van der Waals surface area contributed by atoms with Crippen LogP contribution in [0.3, 0.4) is 0 Å². The average molecular weight is 737 g/mol. The number of piperidine rings is 1. The largest absolute Gasteiger partial charge is 0.388 e. The molecule has 3 heterocycles. The van der Waals surface area contributed by atoms with E-state index in [1.165, 1.54) is 75.3 Å². The Labute approximate surface area is 322 Å². The number of unbranched alkanes of at least 4 members (excludes halogenated alkanes) is 11. The Morgan fingerprint density at radius 3 is 2.24 bits per heavy atom. The Kier molecular flexibility index (Phi) is 13.8.